The third-order valence-electron chi connectivity index (χ3n) is 3.83. The minimum atomic E-state index is 0.661. The molecular weight excluding hydrogens is 260 g/mol. The van der Waals surface area contributed by atoms with E-state index in [2.05, 4.69) is 37.4 Å². The minimum Gasteiger partial charge on any atom is -0.493 e. The van der Waals surface area contributed by atoms with Gasteiger partial charge in [-0.15, -0.1) is 0 Å². The molecule has 0 spiro atoms. The molecule has 2 aromatic rings. The van der Waals surface area contributed by atoms with Crippen LogP contribution in [0.2, 0.25) is 0 Å². The Hall–Kier alpha value is -1.61. The standard InChI is InChI=1S/C18H24N2O/c1-13(2)9-10-21-18-11-15(12-19-14-7-8-14)20-17-6-4-3-5-16(17)18/h3-6,11,13-14,19H,7-10,12H2,1-2H3. The molecule has 3 nitrogen and oxygen atoms in total. The second-order valence-electron chi connectivity index (χ2n) is 6.32. The van der Waals surface area contributed by atoms with Crippen molar-refractivity contribution in [3.63, 3.8) is 0 Å². The maximum Gasteiger partial charge on any atom is 0.130 e. The van der Waals surface area contributed by atoms with Crippen molar-refractivity contribution in [1.29, 1.82) is 0 Å². The average Bonchev–Trinajstić information content (AvgIpc) is 3.29. The van der Waals surface area contributed by atoms with Crippen molar-refractivity contribution >= 4 is 10.9 Å². The Morgan fingerprint density at radius 3 is 2.86 bits per heavy atom. The number of nitrogens with zero attached hydrogens (tertiary/aromatic N) is 1. The molecule has 0 bridgehead atoms. The number of hydrogen-bond donors (Lipinski definition) is 1. The fourth-order valence-electron chi connectivity index (χ4n) is 2.35. The van der Waals surface area contributed by atoms with Crippen molar-refractivity contribution in [1.82, 2.24) is 10.3 Å². The summed E-state index contributed by atoms with van der Waals surface area (Å²) in [6.45, 7) is 6.04. The first kappa shape index (κ1) is 14.3. The molecule has 0 unspecified atom stereocenters. The van der Waals surface area contributed by atoms with E-state index in [1.165, 1.54) is 12.8 Å². The molecule has 0 amide bonds. The van der Waals surface area contributed by atoms with Crippen molar-refractivity contribution in [3.8, 4) is 5.75 Å². The summed E-state index contributed by atoms with van der Waals surface area (Å²) in [6, 6.07) is 11.0. The lowest BCUT2D eigenvalue weighted by Crippen LogP contribution is -2.16. The van der Waals surface area contributed by atoms with Gasteiger partial charge in [-0.05, 0) is 37.3 Å². The molecule has 3 heteroatoms. The third kappa shape index (κ3) is 3.94. The van der Waals surface area contributed by atoms with Crippen LogP contribution in [0.3, 0.4) is 0 Å². The largest absolute Gasteiger partial charge is 0.493 e. The lowest BCUT2D eigenvalue weighted by Gasteiger charge is -2.12. The summed E-state index contributed by atoms with van der Waals surface area (Å²) in [7, 11) is 0. The van der Waals surface area contributed by atoms with Crippen LogP contribution in [-0.4, -0.2) is 17.6 Å². The quantitative estimate of drug-likeness (QED) is 0.837. The molecule has 1 saturated carbocycles. The number of rotatable bonds is 7. The summed E-state index contributed by atoms with van der Waals surface area (Å²) in [5.74, 6) is 1.63. The van der Waals surface area contributed by atoms with Crippen LogP contribution in [0, 0.1) is 5.92 Å². The van der Waals surface area contributed by atoms with Gasteiger partial charge in [0.25, 0.3) is 0 Å². The molecular formula is C18H24N2O. The molecule has 1 fully saturated rings. The van der Waals surface area contributed by atoms with Gasteiger partial charge in [-0.25, -0.2) is 0 Å². The lowest BCUT2D eigenvalue weighted by atomic mass is 10.1. The van der Waals surface area contributed by atoms with Crippen LogP contribution >= 0.6 is 0 Å². The fraction of sp³-hybridized carbons (Fsp3) is 0.500. The average molecular weight is 284 g/mol. The number of benzene rings is 1. The number of hydrogen-bond acceptors (Lipinski definition) is 3. The highest BCUT2D eigenvalue weighted by molar-refractivity contribution is 5.85. The van der Waals surface area contributed by atoms with E-state index < -0.39 is 0 Å². The van der Waals surface area contributed by atoms with E-state index in [1.54, 1.807) is 0 Å². The second kappa shape index (κ2) is 6.44. The number of aromatic nitrogens is 1. The van der Waals surface area contributed by atoms with Gasteiger partial charge in [-0.1, -0.05) is 26.0 Å². The number of fused-ring (bicyclic) bond motifs is 1. The Bertz CT molecular complexity index is 605. The van der Waals surface area contributed by atoms with Gasteiger partial charge in [0, 0.05) is 24.0 Å². The molecule has 1 aliphatic carbocycles. The topological polar surface area (TPSA) is 34.1 Å². The number of pyridine rings is 1. The van der Waals surface area contributed by atoms with Crippen molar-refractivity contribution in [3.05, 3.63) is 36.0 Å². The predicted octanol–water partition coefficient (Wildman–Crippen LogP) is 3.91. The Morgan fingerprint density at radius 2 is 2.10 bits per heavy atom. The molecule has 1 aromatic carbocycles. The van der Waals surface area contributed by atoms with E-state index in [9.17, 15) is 0 Å². The summed E-state index contributed by atoms with van der Waals surface area (Å²) >= 11 is 0. The molecule has 1 N–H and O–H groups in total. The van der Waals surface area contributed by atoms with Crippen molar-refractivity contribution in [2.24, 2.45) is 5.92 Å². The van der Waals surface area contributed by atoms with E-state index in [0.717, 1.165) is 41.9 Å². The van der Waals surface area contributed by atoms with Crippen LogP contribution in [0.5, 0.6) is 5.75 Å². The van der Waals surface area contributed by atoms with Crippen molar-refractivity contribution < 1.29 is 4.74 Å². The third-order valence-corrected chi connectivity index (χ3v) is 3.83. The zero-order chi connectivity index (χ0) is 14.7. The Labute approximate surface area is 126 Å². The highest BCUT2D eigenvalue weighted by Crippen LogP contribution is 2.26. The molecule has 112 valence electrons. The monoisotopic (exact) mass is 284 g/mol. The zero-order valence-electron chi connectivity index (χ0n) is 12.9. The minimum absolute atomic E-state index is 0.661. The normalized spacial score (nSPS) is 14.8. The van der Waals surface area contributed by atoms with E-state index in [4.69, 9.17) is 9.72 Å². The van der Waals surface area contributed by atoms with Crippen LogP contribution in [0.4, 0.5) is 0 Å². The first-order valence-electron chi connectivity index (χ1n) is 7.97. The van der Waals surface area contributed by atoms with E-state index in [0.29, 0.717) is 12.0 Å². The Balaban J connectivity index is 1.79. The lowest BCUT2D eigenvalue weighted by molar-refractivity contribution is 0.292. The maximum absolute atomic E-state index is 6.03. The molecule has 0 atom stereocenters. The van der Waals surface area contributed by atoms with Crippen molar-refractivity contribution in [2.45, 2.75) is 45.7 Å². The van der Waals surface area contributed by atoms with Crippen LogP contribution in [0.15, 0.2) is 30.3 Å². The van der Waals surface area contributed by atoms with Gasteiger partial charge in [-0.2, -0.15) is 0 Å². The molecule has 1 aliphatic rings. The van der Waals surface area contributed by atoms with Gasteiger partial charge < -0.3 is 10.1 Å². The molecule has 3 rings (SSSR count). The molecule has 1 heterocycles. The first-order chi connectivity index (χ1) is 10.2. The summed E-state index contributed by atoms with van der Waals surface area (Å²) < 4.78 is 6.03. The van der Waals surface area contributed by atoms with Gasteiger partial charge in [0.2, 0.25) is 0 Å². The summed E-state index contributed by atoms with van der Waals surface area (Å²) in [6.07, 6.45) is 3.67. The first-order valence-corrected chi connectivity index (χ1v) is 7.97. The highest BCUT2D eigenvalue weighted by Gasteiger charge is 2.20. The fourth-order valence-corrected chi connectivity index (χ4v) is 2.35. The summed E-state index contributed by atoms with van der Waals surface area (Å²) in [4.78, 5) is 4.74. The Kier molecular flexibility index (Phi) is 4.39. The smallest absolute Gasteiger partial charge is 0.130 e. The van der Waals surface area contributed by atoms with E-state index in [-0.39, 0.29) is 0 Å². The summed E-state index contributed by atoms with van der Waals surface area (Å²) in [5, 5.41) is 4.63. The maximum atomic E-state index is 6.03. The number of para-hydroxylation sites is 1. The van der Waals surface area contributed by atoms with E-state index >= 15 is 0 Å². The molecule has 0 aliphatic heterocycles. The molecule has 0 saturated heterocycles. The number of nitrogens with one attached hydrogen (secondary N) is 1. The van der Waals surface area contributed by atoms with Crippen molar-refractivity contribution in [2.75, 3.05) is 6.61 Å². The Morgan fingerprint density at radius 1 is 1.29 bits per heavy atom. The van der Waals surface area contributed by atoms with E-state index in [1.807, 2.05) is 12.1 Å². The summed E-state index contributed by atoms with van der Waals surface area (Å²) in [5.41, 5.74) is 2.09. The van der Waals surface area contributed by atoms with Gasteiger partial charge in [-0.3, -0.25) is 4.98 Å². The van der Waals surface area contributed by atoms with Crippen LogP contribution in [0.25, 0.3) is 10.9 Å². The van der Waals surface area contributed by atoms with Gasteiger partial charge in [0.15, 0.2) is 0 Å². The van der Waals surface area contributed by atoms with Gasteiger partial charge in [0.1, 0.15) is 5.75 Å². The SMILES string of the molecule is CC(C)CCOc1cc(CNC2CC2)nc2ccccc12. The predicted molar refractivity (Wildman–Crippen MR) is 86.6 cm³/mol. The molecule has 1 aromatic heterocycles. The zero-order valence-corrected chi connectivity index (χ0v) is 12.9. The second-order valence-corrected chi connectivity index (χ2v) is 6.32. The number of ether oxygens (including phenoxy) is 1. The van der Waals surface area contributed by atoms with Gasteiger partial charge in [0.05, 0.1) is 17.8 Å². The molecule has 21 heavy (non-hydrogen) atoms. The van der Waals surface area contributed by atoms with Gasteiger partial charge >= 0.3 is 0 Å². The van der Waals surface area contributed by atoms with Crippen LogP contribution < -0.4 is 10.1 Å². The highest BCUT2D eigenvalue weighted by atomic mass is 16.5. The van der Waals surface area contributed by atoms with Crippen LogP contribution in [-0.2, 0) is 6.54 Å². The van der Waals surface area contributed by atoms with Crippen LogP contribution in [0.1, 0.15) is 38.8 Å². The molecule has 0 radical (unpaired) electrons.